The van der Waals surface area contributed by atoms with E-state index in [2.05, 4.69) is 10.4 Å². The van der Waals surface area contributed by atoms with Gasteiger partial charge in [-0.3, -0.25) is 9.59 Å². The molecule has 1 N–H and O–H groups in total. The number of benzene rings is 1. The first-order valence-electron chi connectivity index (χ1n) is 7.70. The molecule has 3 rings (SSSR count). The molecule has 0 aliphatic heterocycles. The number of aromatic nitrogens is 2. The molecule has 1 amide bonds. The molecule has 0 aliphatic carbocycles. The van der Waals surface area contributed by atoms with E-state index in [0.717, 1.165) is 9.56 Å². The van der Waals surface area contributed by atoms with E-state index in [1.54, 1.807) is 24.3 Å². The normalized spacial score (nSPS) is 10.5. The van der Waals surface area contributed by atoms with Crippen LogP contribution >= 0.6 is 11.3 Å². The molecule has 0 saturated carbocycles. The molecule has 9 heteroatoms. The van der Waals surface area contributed by atoms with Crippen molar-refractivity contribution in [2.45, 2.75) is 13.1 Å². The minimum Gasteiger partial charge on any atom is -0.454 e. The molecule has 134 valence electrons. The number of carbonyl (C=O) groups is 2. The van der Waals surface area contributed by atoms with E-state index < -0.39 is 30.8 Å². The monoisotopic (exact) mass is 373 g/mol. The fourth-order valence-electron chi connectivity index (χ4n) is 2.07. The SMILES string of the molecule is O=C(COC(=O)Cn1nc(-c2ccccc2)oc1=O)NCc1cccs1. The molecule has 0 radical (unpaired) electrons. The van der Waals surface area contributed by atoms with Gasteiger partial charge in [0.25, 0.3) is 5.91 Å². The van der Waals surface area contributed by atoms with Gasteiger partial charge in [0.1, 0.15) is 6.54 Å². The minimum absolute atomic E-state index is 0.108. The van der Waals surface area contributed by atoms with Gasteiger partial charge in [0.05, 0.1) is 6.54 Å². The average molecular weight is 373 g/mol. The number of ether oxygens (including phenoxy) is 1. The summed E-state index contributed by atoms with van der Waals surface area (Å²) >= 11 is 1.51. The number of nitrogens with zero attached hydrogens (tertiary/aromatic N) is 2. The van der Waals surface area contributed by atoms with Crippen molar-refractivity contribution in [3.05, 3.63) is 63.3 Å². The van der Waals surface area contributed by atoms with Crippen LogP contribution in [0.4, 0.5) is 0 Å². The van der Waals surface area contributed by atoms with Gasteiger partial charge in [-0.05, 0) is 23.6 Å². The molecule has 0 fully saturated rings. The number of nitrogens with one attached hydrogen (secondary N) is 1. The molecular formula is C17H15N3O5S. The smallest absolute Gasteiger partial charge is 0.437 e. The Hall–Kier alpha value is -3.20. The highest BCUT2D eigenvalue weighted by Crippen LogP contribution is 2.13. The zero-order chi connectivity index (χ0) is 18.4. The van der Waals surface area contributed by atoms with Crippen LogP contribution in [0.25, 0.3) is 11.5 Å². The van der Waals surface area contributed by atoms with Gasteiger partial charge >= 0.3 is 11.7 Å². The first-order valence-corrected chi connectivity index (χ1v) is 8.58. The van der Waals surface area contributed by atoms with Crippen LogP contribution in [0.5, 0.6) is 0 Å². The molecule has 0 atom stereocenters. The van der Waals surface area contributed by atoms with Gasteiger partial charge in [-0.1, -0.05) is 24.3 Å². The number of hydrogen-bond donors (Lipinski definition) is 1. The molecule has 2 aromatic heterocycles. The maximum Gasteiger partial charge on any atom is 0.437 e. The summed E-state index contributed by atoms with van der Waals surface area (Å²) in [5.74, 6) is -1.85. The van der Waals surface area contributed by atoms with Gasteiger partial charge in [-0.25, -0.2) is 4.79 Å². The standard InChI is InChI=1S/C17H15N3O5S/c21-14(18-9-13-7-4-8-26-13)11-24-15(22)10-20-17(23)25-16(19-20)12-5-2-1-3-6-12/h1-8H,9-11H2,(H,18,21). The van der Waals surface area contributed by atoms with Gasteiger partial charge in [-0.15, -0.1) is 16.4 Å². The van der Waals surface area contributed by atoms with Crippen molar-refractivity contribution in [1.29, 1.82) is 0 Å². The van der Waals surface area contributed by atoms with Crippen molar-refractivity contribution < 1.29 is 18.7 Å². The number of carbonyl (C=O) groups excluding carboxylic acids is 2. The van der Waals surface area contributed by atoms with Crippen LogP contribution in [0.15, 0.2) is 57.1 Å². The summed E-state index contributed by atoms with van der Waals surface area (Å²) in [7, 11) is 0. The van der Waals surface area contributed by atoms with Gasteiger partial charge in [0.15, 0.2) is 6.61 Å². The zero-order valence-electron chi connectivity index (χ0n) is 13.6. The fraction of sp³-hybridized carbons (Fsp3) is 0.176. The van der Waals surface area contributed by atoms with Crippen molar-refractivity contribution in [2.75, 3.05) is 6.61 Å². The van der Waals surface area contributed by atoms with Crippen molar-refractivity contribution in [1.82, 2.24) is 15.1 Å². The summed E-state index contributed by atoms with van der Waals surface area (Å²) in [6.45, 7) is -0.493. The van der Waals surface area contributed by atoms with Crippen LogP contribution in [0.3, 0.4) is 0 Å². The maximum absolute atomic E-state index is 11.8. The van der Waals surface area contributed by atoms with E-state index in [-0.39, 0.29) is 5.89 Å². The Morgan fingerprint density at radius 2 is 2.00 bits per heavy atom. The second kappa shape index (κ2) is 8.26. The third-order valence-corrected chi connectivity index (χ3v) is 4.19. The summed E-state index contributed by atoms with van der Waals surface area (Å²) in [6.07, 6.45) is 0. The van der Waals surface area contributed by atoms with Crippen LogP contribution in [0.1, 0.15) is 4.88 Å². The van der Waals surface area contributed by atoms with Crippen molar-refractivity contribution >= 4 is 23.2 Å². The van der Waals surface area contributed by atoms with E-state index in [9.17, 15) is 14.4 Å². The lowest BCUT2D eigenvalue weighted by molar-refractivity contribution is -0.149. The summed E-state index contributed by atoms with van der Waals surface area (Å²) < 4.78 is 10.7. The Balaban J connectivity index is 1.50. The topological polar surface area (TPSA) is 103 Å². The molecule has 0 aliphatic rings. The van der Waals surface area contributed by atoms with Crippen LogP contribution in [0, 0.1) is 0 Å². The molecule has 0 spiro atoms. The summed E-state index contributed by atoms with van der Waals surface area (Å²) in [4.78, 5) is 36.2. The van der Waals surface area contributed by atoms with Crippen LogP contribution < -0.4 is 11.1 Å². The average Bonchev–Trinajstić information content (AvgIpc) is 3.29. The second-order valence-corrected chi connectivity index (χ2v) is 6.25. The lowest BCUT2D eigenvalue weighted by atomic mass is 10.2. The fourth-order valence-corrected chi connectivity index (χ4v) is 2.71. The highest BCUT2D eigenvalue weighted by molar-refractivity contribution is 7.09. The van der Waals surface area contributed by atoms with Crippen molar-refractivity contribution in [2.24, 2.45) is 0 Å². The Bertz CT molecular complexity index is 931. The number of hydrogen-bond acceptors (Lipinski definition) is 7. The third kappa shape index (κ3) is 4.67. The van der Waals surface area contributed by atoms with E-state index >= 15 is 0 Å². The molecule has 3 aromatic rings. The predicted octanol–water partition coefficient (Wildman–Crippen LogP) is 1.42. The predicted molar refractivity (Wildman–Crippen MR) is 93.3 cm³/mol. The van der Waals surface area contributed by atoms with Crippen molar-refractivity contribution in [3.8, 4) is 11.5 Å². The molecular weight excluding hydrogens is 358 g/mol. The summed E-state index contributed by atoms with van der Waals surface area (Å²) in [5.41, 5.74) is 0.615. The zero-order valence-corrected chi connectivity index (χ0v) is 14.4. The lowest BCUT2D eigenvalue weighted by Gasteiger charge is -2.05. The van der Waals surface area contributed by atoms with Crippen LogP contribution in [-0.2, 0) is 27.4 Å². The Kier molecular flexibility index (Phi) is 5.59. The third-order valence-electron chi connectivity index (χ3n) is 3.31. The molecule has 0 saturated heterocycles. The second-order valence-electron chi connectivity index (χ2n) is 5.21. The number of esters is 1. The molecule has 0 unspecified atom stereocenters. The molecule has 1 aromatic carbocycles. The van der Waals surface area contributed by atoms with E-state index in [1.807, 2.05) is 23.6 Å². The molecule has 26 heavy (non-hydrogen) atoms. The highest BCUT2D eigenvalue weighted by atomic mass is 32.1. The minimum atomic E-state index is -0.775. The molecule has 0 bridgehead atoms. The van der Waals surface area contributed by atoms with Gasteiger partial charge in [-0.2, -0.15) is 4.68 Å². The number of rotatable bonds is 7. The Morgan fingerprint density at radius 3 is 2.73 bits per heavy atom. The largest absolute Gasteiger partial charge is 0.454 e. The number of thiophene rings is 1. The van der Waals surface area contributed by atoms with Crippen LogP contribution in [-0.4, -0.2) is 28.3 Å². The molecule has 8 nitrogen and oxygen atoms in total. The van der Waals surface area contributed by atoms with Gasteiger partial charge in [0.2, 0.25) is 5.89 Å². The first kappa shape index (κ1) is 17.6. The number of amides is 1. The van der Waals surface area contributed by atoms with E-state index in [1.165, 1.54) is 11.3 Å². The lowest BCUT2D eigenvalue weighted by Crippen LogP contribution is -2.30. The van der Waals surface area contributed by atoms with Crippen LogP contribution in [0.2, 0.25) is 0 Å². The van der Waals surface area contributed by atoms with E-state index in [4.69, 9.17) is 9.15 Å². The van der Waals surface area contributed by atoms with Crippen molar-refractivity contribution in [3.63, 3.8) is 0 Å². The summed E-state index contributed by atoms with van der Waals surface area (Å²) in [5, 5.41) is 8.49. The Labute approximate surface area is 152 Å². The molecule has 2 heterocycles. The Morgan fingerprint density at radius 1 is 1.19 bits per heavy atom. The highest BCUT2D eigenvalue weighted by Gasteiger charge is 2.15. The maximum atomic E-state index is 11.8. The van der Waals surface area contributed by atoms with Gasteiger partial charge in [0, 0.05) is 10.4 Å². The summed E-state index contributed by atoms with van der Waals surface area (Å²) in [6, 6.07) is 12.6. The van der Waals surface area contributed by atoms with Gasteiger partial charge < -0.3 is 14.5 Å². The first-order chi connectivity index (χ1) is 12.6. The van der Waals surface area contributed by atoms with E-state index in [0.29, 0.717) is 12.1 Å². The quantitative estimate of drug-likeness (QED) is 0.628.